The predicted molar refractivity (Wildman–Crippen MR) is 74.2 cm³/mol. The Balaban J connectivity index is 2.15. The van der Waals surface area contributed by atoms with Crippen LogP contribution in [0.5, 0.6) is 5.75 Å². The van der Waals surface area contributed by atoms with E-state index in [1.807, 2.05) is 36.2 Å². The lowest BCUT2D eigenvalue weighted by atomic mass is 10.2. The van der Waals surface area contributed by atoms with Crippen LogP contribution in [0.25, 0.3) is 0 Å². The molecule has 2 rings (SSSR count). The summed E-state index contributed by atoms with van der Waals surface area (Å²) in [5.74, 6) is -0.213. The normalized spacial score (nSPS) is 10.2. The zero-order chi connectivity index (χ0) is 13.8. The number of methoxy groups -OCH3 is 1. The van der Waals surface area contributed by atoms with E-state index in [9.17, 15) is 4.79 Å². The van der Waals surface area contributed by atoms with Crippen molar-refractivity contribution in [1.82, 2.24) is 4.98 Å². The number of anilines is 1. The second-order valence-corrected chi connectivity index (χ2v) is 4.84. The van der Waals surface area contributed by atoms with Gasteiger partial charge in [-0.1, -0.05) is 12.1 Å². The van der Waals surface area contributed by atoms with Gasteiger partial charge in [0.25, 0.3) is 0 Å². The maximum absolute atomic E-state index is 10.8. The van der Waals surface area contributed by atoms with Crippen LogP contribution in [-0.4, -0.2) is 30.2 Å². The molecule has 0 atom stereocenters. The summed E-state index contributed by atoms with van der Waals surface area (Å²) in [6.07, 6.45) is 0. The van der Waals surface area contributed by atoms with E-state index in [1.54, 1.807) is 12.5 Å². The van der Waals surface area contributed by atoms with Crippen molar-refractivity contribution in [3.05, 3.63) is 40.3 Å². The summed E-state index contributed by atoms with van der Waals surface area (Å²) in [4.78, 5) is 16.8. The van der Waals surface area contributed by atoms with E-state index in [4.69, 9.17) is 9.84 Å². The summed E-state index contributed by atoms with van der Waals surface area (Å²) in [5.41, 5.74) is 1.67. The molecular weight excluding hydrogens is 264 g/mol. The van der Waals surface area contributed by atoms with Crippen molar-refractivity contribution in [3.8, 4) is 5.75 Å². The molecule has 0 amide bonds. The van der Waals surface area contributed by atoms with Crippen LogP contribution in [-0.2, 0) is 6.54 Å². The van der Waals surface area contributed by atoms with Crippen LogP contribution in [0.4, 0.5) is 5.69 Å². The third kappa shape index (κ3) is 3.03. The maximum Gasteiger partial charge on any atom is 0.365 e. The van der Waals surface area contributed by atoms with E-state index >= 15 is 0 Å². The number of rotatable bonds is 5. The molecule has 0 aliphatic rings. The van der Waals surface area contributed by atoms with Crippen molar-refractivity contribution in [2.45, 2.75) is 6.54 Å². The van der Waals surface area contributed by atoms with Gasteiger partial charge >= 0.3 is 5.97 Å². The standard InChI is InChI=1S/C13H14N2O3S/c1-15(10-5-3-4-6-11(10)18-2)7-9-8-19-12(14-9)13(16)17/h3-6,8H,7H2,1-2H3,(H,16,17). The fourth-order valence-electron chi connectivity index (χ4n) is 1.75. The largest absolute Gasteiger partial charge is 0.495 e. The van der Waals surface area contributed by atoms with E-state index < -0.39 is 5.97 Å². The van der Waals surface area contributed by atoms with Gasteiger partial charge in [0.05, 0.1) is 25.0 Å². The minimum absolute atomic E-state index is 0.114. The van der Waals surface area contributed by atoms with E-state index in [-0.39, 0.29) is 5.01 Å². The van der Waals surface area contributed by atoms with Crippen molar-refractivity contribution >= 4 is 23.0 Å². The van der Waals surface area contributed by atoms with Crippen LogP contribution in [0.3, 0.4) is 0 Å². The zero-order valence-corrected chi connectivity index (χ0v) is 11.5. The second-order valence-electron chi connectivity index (χ2n) is 3.98. The summed E-state index contributed by atoms with van der Waals surface area (Å²) in [5, 5.41) is 10.7. The number of nitrogens with zero attached hydrogens (tertiary/aromatic N) is 2. The van der Waals surface area contributed by atoms with Gasteiger partial charge in [0, 0.05) is 12.4 Å². The predicted octanol–water partition coefficient (Wildman–Crippen LogP) is 2.49. The number of thiazole rings is 1. The van der Waals surface area contributed by atoms with Crippen LogP contribution in [0.1, 0.15) is 15.5 Å². The van der Waals surface area contributed by atoms with Gasteiger partial charge in [0.2, 0.25) is 5.01 Å². The minimum Gasteiger partial charge on any atom is -0.495 e. The monoisotopic (exact) mass is 278 g/mol. The van der Waals surface area contributed by atoms with Crippen molar-refractivity contribution < 1.29 is 14.6 Å². The van der Waals surface area contributed by atoms with E-state index in [0.29, 0.717) is 6.54 Å². The number of aromatic nitrogens is 1. The molecule has 100 valence electrons. The summed E-state index contributed by atoms with van der Waals surface area (Å²) < 4.78 is 5.29. The van der Waals surface area contributed by atoms with Gasteiger partial charge in [-0.2, -0.15) is 0 Å². The Morgan fingerprint density at radius 1 is 1.47 bits per heavy atom. The smallest absolute Gasteiger partial charge is 0.365 e. The number of aromatic carboxylic acids is 1. The maximum atomic E-state index is 10.8. The first-order valence-corrected chi connectivity index (χ1v) is 6.51. The highest BCUT2D eigenvalue weighted by atomic mass is 32.1. The molecule has 0 unspecified atom stereocenters. The van der Waals surface area contributed by atoms with Gasteiger partial charge in [-0.05, 0) is 12.1 Å². The molecule has 0 aliphatic carbocycles. The molecule has 0 saturated heterocycles. The molecule has 0 spiro atoms. The highest BCUT2D eigenvalue weighted by Crippen LogP contribution is 2.27. The molecule has 0 bridgehead atoms. The average molecular weight is 278 g/mol. The number of carboxylic acid groups (broad SMARTS) is 1. The molecule has 0 radical (unpaired) electrons. The quantitative estimate of drug-likeness (QED) is 0.910. The Morgan fingerprint density at radius 3 is 2.84 bits per heavy atom. The van der Waals surface area contributed by atoms with Crippen LogP contribution in [0.15, 0.2) is 29.6 Å². The topological polar surface area (TPSA) is 62.7 Å². The van der Waals surface area contributed by atoms with Gasteiger partial charge in [0.15, 0.2) is 0 Å². The fourth-order valence-corrected chi connectivity index (χ4v) is 2.40. The molecule has 19 heavy (non-hydrogen) atoms. The number of carbonyl (C=O) groups is 1. The van der Waals surface area contributed by atoms with Crippen LogP contribution in [0.2, 0.25) is 0 Å². The molecule has 0 aliphatic heterocycles. The first-order chi connectivity index (χ1) is 9.11. The molecule has 5 nitrogen and oxygen atoms in total. The summed E-state index contributed by atoms with van der Waals surface area (Å²) in [6.45, 7) is 0.532. The lowest BCUT2D eigenvalue weighted by Gasteiger charge is -2.20. The molecule has 0 saturated carbocycles. The zero-order valence-electron chi connectivity index (χ0n) is 10.7. The Bertz CT molecular complexity index is 583. The van der Waals surface area contributed by atoms with E-state index in [0.717, 1.165) is 28.5 Å². The van der Waals surface area contributed by atoms with Crippen LogP contribution >= 0.6 is 11.3 Å². The number of carboxylic acids is 1. The summed E-state index contributed by atoms with van der Waals surface area (Å²) >= 11 is 1.14. The average Bonchev–Trinajstić information content (AvgIpc) is 2.87. The van der Waals surface area contributed by atoms with E-state index in [1.165, 1.54) is 0 Å². The molecule has 6 heteroatoms. The third-order valence-electron chi connectivity index (χ3n) is 2.63. The van der Waals surface area contributed by atoms with E-state index in [2.05, 4.69) is 4.98 Å². The molecular formula is C13H14N2O3S. The lowest BCUT2D eigenvalue weighted by molar-refractivity contribution is 0.0696. The molecule has 1 heterocycles. The number of hydrogen-bond donors (Lipinski definition) is 1. The minimum atomic E-state index is -0.990. The molecule has 1 aromatic heterocycles. The van der Waals surface area contributed by atoms with Crippen LogP contribution in [0, 0.1) is 0 Å². The molecule has 0 fully saturated rings. The molecule has 1 aromatic carbocycles. The van der Waals surface area contributed by atoms with Gasteiger partial charge in [-0.3, -0.25) is 0 Å². The van der Waals surface area contributed by atoms with Gasteiger partial charge in [-0.25, -0.2) is 9.78 Å². The highest BCUT2D eigenvalue weighted by Gasteiger charge is 2.12. The molecule has 2 aromatic rings. The Morgan fingerprint density at radius 2 is 2.21 bits per heavy atom. The van der Waals surface area contributed by atoms with Gasteiger partial charge in [-0.15, -0.1) is 11.3 Å². The van der Waals surface area contributed by atoms with Crippen molar-refractivity contribution in [2.75, 3.05) is 19.1 Å². The first-order valence-electron chi connectivity index (χ1n) is 5.63. The fraction of sp³-hybridized carbons (Fsp3) is 0.231. The SMILES string of the molecule is COc1ccccc1N(C)Cc1csc(C(=O)O)n1. The number of para-hydroxylation sites is 2. The second kappa shape index (κ2) is 5.71. The highest BCUT2D eigenvalue weighted by molar-refractivity contribution is 7.11. The first kappa shape index (κ1) is 13.4. The Kier molecular flexibility index (Phi) is 4.01. The molecule has 1 N–H and O–H groups in total. The van der Waals surface area contributed by atoms with Crippen molar-refractivity contribution in [2.24, 2.45) is 0 Å². The number of hydrogen-bond acceptors (Lipinski definition) is 5. The lowest BCUT2D eigenvalue weighted by Crippen LogP contribution is -2.17. The van der Waals surface area contributed by atoms with Gasteiger partial charge < -0.3 is 14.7 Å². The Labute approximate surface area is 115 Å². The summed E-state index contributed by atoms with van der Waals surface area (Å²) in [6, 6.07) is 7.67. The number of benzene rings is 1. The summed E-state index contributed by atoms with van der Waals surface area (Å²) in [7, 11) is 3.54. The third-order valence-corrected chi connectivity index (χ3v) is 3.51. The Hall–Kier alpha value is -2.08. The number of ether oxygens (including phenoxy) is 1. The van der Waals surface area contributed by atoms with Crippen LogP contribution < -0.4 is 9.64 Å². The van der Waals surface area contributed by atoms with Crippen molar-refractivity contribution in [3.63, 3.8) is 0 Å². The van der Waals surface area contributed by atoms with Gasteiger partial charge in [0.1, 0.15) is 5.75 Å². The van der Waals surface area contributed by atoms with Crippen molar-refractivity contribution in [1.29, 1.82) is 0 Å².